The van der Waals surface area contributed by atoms with Gasteiger partial charge in [-0.25, -0.2) is 14.3 Å². The van der Waals surface area contributed by atoms with Crippen LogP contribution in [0.5, 0.6) is 0 Å². The third kappa shape index (κ3) is 3.23. The van der Waals surface area contributed by atoms with Gasteiger partial charge in [0.15, 0.2) is 5.69 Å². The molecule has 1 heterocycles. The summed E-state index contributed by atoms with van der Waals surface area (Å²) >= 11 is 0. The van der Waals surface area contributed by atoms with Crippen molar-refractivity contribution in [3.63, 3.8) is 0 Å². The van der Waals surface area contributed by atoms with Crippen LogP contribution in [0.3, 0.4) is 0 Å². The van der Waals surface area contributed by atoms with Gasteiger partial charge >= 0.3 is 11.9 Å². The number of carbonyl (C=O) groups is 2. The van der Waals surface area contributed by atoms with E-state index in [0.29, 0.717) is 11.3 Å². The van der Waals surface area contributed by atoms with E-state index in [1.165, 1.54) is 23.9 Å². The normalized spacial score (nSPS) is 10.5. The molecule has 0 aliphatic rings. The molecular weight excluding hydrogens is 278 g/mol. The maximum Gasteiger partial charge on any atom is 0.358 e. The van der Waals surface area contributed by atoms with Crippen LogP contribution in [0.25, 0.3) is 0 Å². The van der Waals surface area contributed by atoms with Gasteiger partial charge in [-0.2, -0.15) is 0 Å². The number of ether oxygens (including phenoxy) is 1. The molecule has 1 aromatic carbocycles. The molecule has 1 aromatic heterocycles. The van der Waals surface area contributed by atoms with Gasteiger partial charge in [0, 0.05) is 7.11 Å². The highest BCUT2D eigenvalue weighted by Crippen LogP contribution is 2.12. The van der Waals surface area contributed by atoms with Gasteiger partial charge in [-0.05, 0) is 17.7 Å². The zero-order valence-corrected chi connectivity index (χ0v) is 11.2. The quantitative estimate of drug-likeness (QED) is 0.811. The number of benzene rings is 1. The lowest BCUT2D eigenvalue weighted by atomic mass is 10.1. The number of carboxylic acids is 2. The summed E-state index contributed by atoms with van der Waals surface area (Å²) in [7, 11) is 1.44. The SMILES string of the molecule is COCc1c(C(=O)O)nnn1Cc1cccc(C(=O)O)c1. The molecule has 0 unspecified atom stereocenters. The molecule has 0 aliphatic carbocycles. The fraction of sp³-hybridized carbons (Fsp3) is 0.231. The summed E-state index contributed by atoms with van der Waals surface area (Å²) in [5.41, 5.74) is 0.977. The van der Waals surface area contributed by atoms with E-state index in [4.69, 9.17) is 14.9 Å². The Labute approximate surface area is 119 Å². The number of aromatic carboxylic acids is 2. The molecule has 0 saturated heterocycles. The summed E-state index contributed by atoms with van der Waals surface area (Å²) in [6.45, 7) is 0.257. The first-order valence-corrected chi connectivity index (χ1v) is 5.99. The summed E-state index contributed by atoms with van der Waals surface area (Å²) in [4.78, 5) is 22.0. The van der Waals surface area contributed by atoms with Crippen molar-refractivity contribution in [2.45, 2.75) is 13.2 Å². The molecule has 110 valence electrons. The molecule has 0 spiro atoms. The number of nitrogens with zero attached hydrogens (tertiary/aromatic N) is 3. The minimum absolute atomic E-state index is 0.0489. The third-order valence-corrected chi connectivity index (χ3v) is 2.83. The molecule has 2 rings (SSSR count). The second-order valence-electron chi connectivity index (χ2n) is 4.29. The van der Waals surface area contributed by atoms with Crippen molar-refractivity contribution >= 4 is 11.9 Å². The molecule has 8 nitrogen and oxygen atoms in total. The van der Waals surface area contributed by atoms with E-state index in [1.807, 2.05) is 0 Å². The van der Waals surface area contributed by atoms with Crippen LogP contribution in [-0.2, 0) is 17.9 Å². The maximum atomic E-state index is 11.1. The fourth-order valence-electron chi connectivity index (χ4n) is 1.88. The molecule has 8 heteroatoms. The Hall–Kier alpha value is -2.74. The Morgan fingerprint density at radius 1 is 1.29 bits per heavy atom. The predicted octanol–water partition coefficient (Wildman–Crippen LogP) is 0.869. The van der Waals surface area contributed by atoms with Crippen LogP contribution in [0, 0.1) is 0 Å². The van der Waals surface area contributed by atoms with Crippen molar-refractivity contribution in [2.75, 3.05) is 7.11 Å². The topological polar surface area (TPSA) is 115 Å². The first-order chi connectivity index (χ1) is 10.0. The highest BCUT2D eigenvalue weighted by Gasteiger charge is 2.19. The Balaban J connectivity index is 2.33. The van der Waals surface area contributed by atoms with Gasteiger partial charge in [0.05, 0.1) is 24.4 Å². The lowest BCUT2D eigenvalue weighted by molar-refractivity contribution is 0.0678. The summed E-state index contributed by atoms with van der Waals surface area (Å²) in [6.07, 6.45) is 0. The van der Waals surface area contributed by atoms with E-state index < -0.39 is 11.9 Å². The molecule has 2 N–H and O–H groups in total. The molecule has 0 bridgehead atoms. The van der Waals surface area contributed by atoms with Gasteiger partial charge in [-0.15, -0.1) is 5.10 Å². The largest absolute Gasteiger partial charge is 0.478 e. The van der Waals surface area contributed by atoms with Crippen molar-refractivity contribution in [1.29, 1.82) is 0 Å². The number of hydrogen-bond acceptors (Lipinski definition) is 5. The van der Waals surface area contributed by atoms with Crippen molar-refractivity contribution in [2.24, 2.45) is 0 Å². The third-order valence-electron chi connectivity index (χ3n) is 2.83. The average molecular weight is 291 g/mol. The molecular formula is C13H13N3O5. The van der Waals surface area contributed by atoms with Crippen molar-refractivity contribution < 1.29 is 24.5 Å². The standard InChI is InChI=1S/C13H13N3O5/c1-21-7-10-11(13(19)20)14-15-16(10)6-8-3-2-4-9(5-8)12(17)18/h2-5H,6-7H2,1H3,(H,17,18)(H,19,20). The number of methoxy groups -OCH3 is 1. The van der Waals surface area contributed by atoms with E-state index in [2.05, 4.69) is 10.3 Å². The molecule has 0 radical (unpaired) electrons. The summed E-state index contributed by atoms with van der Waals surface area (Å²) < 4.78 is 6.34. The zero-order chi connectivity index (χ0) is 15.4. The van der Waals surface area contributed by atoms with Crippen LogP contribution in [0.4, 0.5) is 0 Å². The van der Waals surface area contributed by atoms with Gasteiger partial charge in [-0.1, -0.05) is 17.3 Å². The maximum absolute atomic E-state index is 11.1. The summed E-state index contributed by atoms with van der Waals surface area (Å²) in [5, 5.41) is 25.4. The number of rotatable bonds is 6. The van der Waals surface area contributed by atoms with Crippen molar-refractivity contribution in [3.05, 3.63) is 46.8 Å². The number of hydrogen-bond donors (Lipinski definition) is 2. The van der Waals surface area contributed by atoms with Crippen LogP contribution in [-0.4, -0.2) is 44.3 Å². The van der Waals surface area contributed by atoms with Crippen molar-refractivity contribution in [1.82, 2.24) is 15.0 Å². The molecule has 0 aliphatic heterocycles. The van der Waals surface area contributed by atoms with Crippen molar-refractivity contribution in [3.8, 4) is 0 Å². The molecule has 0 saturated carbocycles. The van der Waals surface area contributed by atoms with Gasteiger partial charge in [-0.3, -0.25) is 0 Å². The van der Waals surface area contributed by atoms with Crippen LogP contribution in [0.1, 0.15) is 32.1 Å². The van der Waals surface area contributed by atoms with Crippen LogP contribution >= 0.6 is 0 Å². The Bertz CT molecular complexity index is 680. The minimum atomic E-state index is -1.19. The summed E-state index contributed by atoms with van der Waals surface area (Å²) in [6, 6.07) is 6.32. The van der Waals surface area contributed by atoms with E-state index in [9.17, 15) is 9.59 Å². The molecule has 0 amide bonds. The van der Waals surface area contributed by atoms with Gasteiger partial charge in [0.1, 0.15) is 0 Å². The fourth-order valence-corrected chi connectivity index (χ4v) is 1.88. The Morgan fingerprint density at radius 3 is 2.67 bits per heavy atom. The highest BCUT2D eigenvalue weighted by atomic mass is 16.5. The first-order valence-electron chi connectivity index (χ1n) is 5.99. The van der Waals surface area contributed by atoms with Crippen LogP contribution < -0.4 is 0 Å². The molecule has 0 fully saturated rings. The second kappa shape index (κ2) is 6.14. The summed E-state index contributed by atoms with van der Waals surface area (Å²) in [5.74, 6) is -2.22. The second-order valence-corrected chi connectivity index (χ2v) is 4.29. The van der Waals surface area contributed by atoms with E-state index in [-0.39, 0.29) is 24.4 Å². The number of carboxylic acid groups (broad SMARTS) is 2. The molecule has 21 heavy (non-hydrogen) atoms. The molecule has 0 atom stereocenters. The van der Waals surface area contributed by atoms with Gasteiger partial charge < -0.3 is 14.9 Å². The minimum Gasteiger partial charge on any atom is -0.478 e. The monoisotopic (exact) mass is 291 g/mol. The number of aromatic nitrogens is 3. The van der Waals surface area contributed by atoms with E-state index in [0.717, 1.165) is 0 Å². The lowest BCUT2D eigenvalue weighted by Gasteiger charge is -2.07. The highest BCUT2D eigenvalue weighted by molar-refractivity contribution is 5.87. The van der Waals surface area contributed by atoms with Gasteiger partial charge in [0.2, 0.25) is 0 Å². The smallest absolute Gasteiger partial charge is 0.358 e. The van der Waals surface area contributed by atoms with E-state index >= 15 is 0 Å². The molecule has 2 aromatic rings. The predicted molar refractivity (Wildman–Crippen MR) is 70.2 cm³/mol. The Morgan fingerprint density at radius 2 is 2.05 bits per heavy atom. The van der Waals surface area contributed by atoms with Gasteiger partial charge in [0.25, 0.3) is 0 Å². The average Bonchev–Trinajstić information content (AvgIpc) is 2.83. The van der Waals surface area contributed by atoms with Crippen LogP contribution in [0.2, 0.25) is 0 Å². The zero-order valence-electron chi connectivity index (χ0n) is 11.2. The Kier molecular flexibility index (Phi) is 4.29. The van der Waals surface area contributed by atoms with E-state index in [1.54, 1.807) is 12.1 Å². The first kappa shape index (κ1) is 14.7. The lowest BCUT2D eigenvalue weighted by Crippen LogP contribution is -2.10. The van der Waals surface area contributed by atoms with Crippen LogP contribution in [0.15, 0.2) is 24.3 Å².